The van der Waals surface area contributed by atoms with Crippen molar-refractivity contribution in [3.63, 3.8) is 0 Å². The Balaban J connectivity index is 0.000000224. The first-order chi connectivity index (χ1) is 10.4. The quantitative estimate of drug-likeness (QED) is 0.657. The van der Waals surface area contributed by atoms with Gasteiger partial charge in [0.1, 0.15) is 0 Å². The van der Waals surface area contributed by atoms with Crippen LogP contribution in [0.4, 0.5) is 5.69 Å². The number of benzene rings is 2. The number of hydrogen-bond donors (Lipinski definition) is 2. The molecule has 0 saturated heterocycles. The topological polar surface area (TPSA) is 89.6 Å². The molecule has 0 heterocycles. The zero-order valence-electron chi connectivity index (χ0n) is 12.8. The van der Waals surface area contributed by atoms with Crippen LogP contribution in [-0.2, 0) is 4.74 Å². The summed E-state index contributed by atoms with van der Waals surface area (Å²) in [5, 5.41) is 8.57. The van der Waals surface area contributed by atoms with Gasteiger partial charge in [-0.15, -0.1) is 0 Å². The zero-order chi connectivity index (χ0) is 16.7. The molecule has 3 N–H and O–H groups in total. The summed E-state index contributed by atoms with van der Waals surface area (Å²) in [5.41, 5.74) is 8.84. The van der Waals surface area contributed by atoms with Crippen molar-refractivity contribution in [2.75, 3.05) is 12.8 Å². The summed E-state index contributed by atoms with van der Waals surface area (Å²) >= 11 is 0. The molecule has 0 bridgehead atoms. The molecule has 0 spiro atoms. The third-order valence-corrected chi connectivity index (χ3v) is 3.08. The summed E-state index contributed by atoms with van der Waals surface area (Å²) < 4.78 is 4.54. The standard InChI is InChI=1S/C9H11NO2.C8H8O2/c1-6-3-4-7(5-8(6)10)9(11)12-2;1-6-4-2-3-5-7(6)8(9)10/h3-5H,10H2,1-2H3;2-5H,1H3,(H,9,10). The molecule has 2 aromatic rings. The Bertz CT molecular complexity index is 680. The molecule has 0 unspecified atom stereocenters. The maximum atomic E-state index is 11.0. The van der Waals surface area contributed by atoms with E-state index in [0.29, 0.717) is 16.8 Å². The Labute approximate surface area is 129 Å². The van der Waals surface area contributed by atoms with Gasteiger partial charge in [0.25, 0.3) is 0 Å². The summed E-state index contributed by atoms with van der Waals surface area (Å²) in [5.74, 6) is -1.22. The second kappa shape index (κ2) is 7.83. The first kappa shape index (κ1) is 17.2. The van der Waals surface area contributed by atoms with E-state index in [1.807, 2.05) is 13.0 Å². The summed E-state index contributed by atoms with van der Waals surface area (Å²) in [6.07, 6.45) is 0. The lowest BCUT2D eigenvalue weighted by Gasteiger charge is -2.02. The number of aromatic carboxylic acids is 1. The van der Waals surface area contributed by atoms with E-state index in [1.165, 1.54) is 7.11 Å². The van der Waals surface area contributed by atoms with Crippen molar-refractivity contribution in [2.45, 2.75) is 13.8 Å². The smallest absolute Gasteiger partial charge is 0.337 e. The number of esters is 1. The lowest BCUT2D eigenvalue weighted by molar-refractivity contribution is 0.0600. The Kier molecular flexibility index (Phi) is 6.13. The summed E-state index contributed by atoms with van der Waals surface area (Å²) in [7, 11) is 1.35. The average Bonchev–Trinajstić information content (AvgIpc) is 2.50. The van der Waals surface area contributed by atoms with Gasteiger partial charge in [-0.25, -0.2) is 9.59 Å². The molecule has 5 nitrogen and oxygen atoms in total. The molecular formula is C17H19NO4. The van der Waals surface area contributed by atoms with E-state index in [1.54, 1.807) is 43.3 Å². The van der Waals surface area contributed by atoms with Crippen molar-refractivity contribution in [2.24, 2.45) is 0 Å². The normalized spacial score (nSPS) is 9.41. The Morgan fingerprint density at radius 1 is 1.05 bits per heavy atom. The number of ether oxygens (including phenoxy) is 1. The van der Waals surface area contributed by atoms with E-state index in [9.17, 15) is 9.59 Å². The van der Waals surface area contributed by atoms with Gasteiger partial charge in [-0.3, -0.25) is 0 Å². The van der Waals surface area contributed by atoms with Crippen molar-refractivity contribution in [1.29, 1.82) is 0 Å². The minimum Gasteiger partial charge on any atom is -0.478 e. The number of nitrogen functional groups attached to an aromatic ring is 1. The number of nitrogens with two attached hydrogens (primary N) is 1. The molecular weight excluding hydrogens is 282 g/mol. The van der Waals surface area contributed by atoms with Crippen molar-refractivity contribution in [3.8, 4) is 0 Å². The fourth-order valence-electron chi connectivity index (χ4n) is 1.70. The first-order valence-corrected chi connectivity index (χ1v) is 6.60. The van der Waals surface area contributed by atoms with Gasteiger partial charge in [0.05, 0.1) is 18.2 Å². The number of carboxylic acid groups (broad SMARTS) is 1. The van der Waals surface area contributed by atoms with E-state index in [2.05, 4.69) is 4.74 Å². The number of aryl methyl sites for hydroxylation is 2. The van der Waals surface area contributed by atoms with Gasteiger partial charge in [0.15, 0.2) is 0 Å². The largest absolute Gasteiger partial charge is 0.478 e. The van der Waals surface area contributed by atoms with Gasteiger partial charge in [-0.1, -0.05) is 24.3 Å². The minimum atomic E-state index is -0.863. The van der Waals surface area contributed by atoms with Crippen molar-refractivity contribution in [1.82, 2.24) is 0 Å². The monoisotopic (exact) mass is 301 g/mol. The van der Waals surface area contributed by atoms with E-state index < -0.39 is 5.97 Å². The Hall–Kier alpha value is -2.82. The van der Waals surface area contributed by atoms with Gasteiger partial charge < -0.3 is 15.6 Å². The van der Waals surface area contributed by atoms with Crippen LogP contribution in [0.1, 0.15) is 31.8 Å². The Morgan fingerprint density at radius 3 is 2.14 bits per heavy atom. The maximum Gasteiger partial charge on any atom is 0.337 e. The molecule has 5 heteroatoms. The van der Waals surface area contributed by atoms with Crippen LogP contribution in [0.2, 0.25) is 0 Å². The highest BCUT2D eigenvalue weighted by Crippen LogP contribution is 2.13. The highest BCUT2D eigenvalue weighted by Gasteiger charge is 2.05. The van der Waals surface area contributed by atoms with Crippen molar-refractivity contribution in [3.05, 3.63) is 64.7 Å². The number of methoxy groups -OCH3 is 1. The molecule has 22 heavy (non-hydrogen) atoms. The molecule has 0 aliphatic heterocycles. The molecule has 0 amide bonds. The predicted molar refractivity (Wildman–Crippen MR) is 85.1 cm³/mol. The highest BCUT2D eigenvalue weighted by atomic mass is 16.5. The lowest BCUT2D eigenvalue weighted by Crippen LogP contribution is -2.02. The minimum absolute atomic E-state index is 0.360. The second-order valence-corrected chi connectivity index (χ2v) is 4.68. The molecule has 2 rings (SSSR count). The molecule has 0 saturated carbocycles. The molecule has 116 valence electrons. The number of rotatable bonds is 2. The molecule has 0 radical (unpaired) electrons. The fourth-order valence-corrected chi connectivity index (χ4v) is 1.70. The number of carboxylic acids is 1. The molecule has 0 aliphatic rings. The van der Waals surface area contributed by atoms with Crippen LogP contribution in [0.3, 0.4) is 0 Å². The van der Waals surface area contributed by atoms with Crippen LogP contribution in [-0.4, -0.2) is 24.2 Å². The summed E-state index contributed by atoms with van der Waals surface area (Å²) in [4.78, 5) is 21.4. The van der Waals surface area contributed by atoms with Crippen molar-refractivity contribution >= 4 is 17.6 Å². The SMILES string of the molecule is COC(=O)c1ccc(C)c(N)c1.Cc1ccccc1C(=O)O. The van der Waals surface area contributed by atoms with Crippen LogP contribution >= 0.6 is 0 Å². The van der Waals surface area contributed by atoms with E-state index in [0.717, 1.165) is 11.1 Å². The van der Waals surface area contributed by atoms with Crippen LogP contribution in [0.15, 0.2) is 42.5 Å². The van der Waals surface area contributed by atoms with Gasteiger partial charge in [-0.05, 0) is 43.2 Å². The van der Waals surface area contributed by atoms with Gasteiger partial charge >= 0.3 is 11.9 Å². The first-order valence-electron chi connectivity index (χ1n) is 6.60. The number of carbonyl (C=O) groups excluding carboxylic acids is 1. The fraction of sp³-hybridized carbons (Fsp3) is 0.176. The molecule has 2 aromatic carbocycles. The third-order valence-electron chi connectivity index (χ3n) is 3.08. The van der Waals surface area contributed by atoms with Crippen LogP contribution in [0.5, 0.6) is 0 Å². The molecule has 0 fully saturated rings. The zero-order valence-corrected chi connectivity index (χ0v) is 12.8. The lowest BCUT2D eigenvalue weighted by atomic mass is 10.1. The second-order valence-electron chi connectivity index (χ2n) is 4.68. The average molecular weight is 301 g/mol. The summed E-state index contributed by atoms with van der Waals surface area (Å²) in [6.45, 7) is 3.67. The highest BCUT2D eigenvalue weighted by molar-refractivity contribution is 5.90. The van der Waals surface area contributed by atoms with Crippen LogP contribution in [0, 0.1) is 13.8 Å². The summed E-state index contributed by atoms with van der Waals surface area (Å²) in [6, 6.07) is 12.0. The Morgan fingerprint density at radius 2 is 1.68 bits per heavy atom. The maximum absolute atomic E-state index is 11.0. The predicted octanol–water partition coefficient (Wildman–Crippen LogP) is 3.06. The molecule has 0 atom stereocenters. The van der Waals surface area contributed by atoms with Gasteiger partial charge in [0, 0.05) is 5.69 Å². The van der Waals surface area contributed by atoms with E-state index in [4.69, 9.17) is 10.8 Å². The molecule has 0 aliphatic carbocycles. The van der Waals surface area contributed by atoms with E-state index in [-0.39, 0.29) is 5.97 Å². The van der Waals surface area contributed by atoms with Crippen LogP contribution in [0.25, 0.3) is 0 Å². The number of hydrogen-bond acceptors (Lipinski definition) is 4. The van der Waals surface area contributed by atoms with Crippen LogP contribution < -0.4 is 5.73 Å². The van der Waals surface area contributed by atoms with E-state index >= 15 is 0 Å². The van der Waals surface area contributed by atoms with Gasteiger partial charge in [0.2, 0.25) is 0 Å². The number of anilines is 1. The third kappa shape index (κ3) is 4.63. The van der Waals surface area contributed by atoms with Gasteiger partial charge in [-0.2, -0.15) is 0 Å². The molecule has 0 aromatic heterocycles. The van der Waals surface area contributed by atoms with Crippen molar-refractivity contribution < 1.29 is 19.4 Å². The number of carbonyl (C=O) groups is 2.